The molecule has 2 aromatic carbocycles. The Morgan fingerprint density at radius 2 is 1.90 bits per heavy atom. The van der Waals surface area contributed by atoms with E-state index < -0.39 is 0 Å². The number of hydrogen-bond acceptors (Lipinski definition) is 3. The van der Waals surface area contributed by atoms with Crippen molar-refractivity contribution in [3.63, 3.8) is 0 Å². The second kappa shape index (κ2) is 6.19. The summed E-state index contributed by atoms with van der Waals surface area (Å²) in [5, 5.41) is 13.7. The number of benzene rings is 2. The molecule has 0 saturated heterocycles. The molecule has 0 aromatic heterocycles. The minimum Gasteiger partial charge on any atom is -0.508 e. The molecule has 2 N–H and O–H groups in total. The first-order valence-electron chi connectivity index (χ1n) is 7.64. The van der Waals surface area contributed by atoms with Crippen LogP contribution in [0.3, 0.4) is 0 Å². The molecule has 0 amide bonds. The van der Waals surface area contributed by atoms with Gasteiger partial charge in [-0.2, -0.15) is 0 Å². The van der Waals surface area contributed by atoms with Gasteiger partial charge in [-0.25, -0.2) is 0 Å². The molecule has 0 radical (unpaired) electrons. The van der Waals surface area contributed by atoms with Gasteiger partial charge < -0.3 is 15.3 Å². The lowest BCUT2D eigenvalue weighted by atomic mass is 10.00. The summed E-state index contributed by atoms with van der Waals surface area (Å²) >= 11 is 0. The van der Waals surface area contributed by atoms with E-state index in [1.54, 1.807) is 6.07 Å². The van der Waals surface area contributed by atoms with Gasteiger partial charge in [0.05, 0.1) is 6.04 Å². The van der Waals surface area contributed by atoms with E-state index in [1.165, 1.54) is 11.3 Å². The molecule has 2 aromatic rings. The van der Waals surface area contributed by atoms with E-state index in [0.29, 0.717) is 5.75 Å². The van der Waals surface area contributed by atoms with Crippen molar-refractivity contribution >= 4 is 5.69 Å². The number of nitrogens with zero attached hydrogens (tertiary/aromatic N) is 1. The van der Waals surface area contributed by atoms with E-state index >= 15 is 0 Å². The number of nitrogens with one attached hydrogen (secondary N) is 1. The van der Waals surface area contributed by atoms with Crippen LogP contribution in [-0.2, 0) is 6.54 Å². The van der Waals surface area contributed by atoms with Crippen LogP contribution in [0.25, 0.3) is 0 Å². The van der Waals surface area contributed by atoms with Gasteiger partial charge in [0.2, 0.25) is 0 Å². The Morgan fingerprint density at radius 1 is 1.14 bits per heavy atom. The highest BCUT2D eigenvalue weighted by Crippen LogP contribution is 2.36. The SMILES string of the molecule is CCC(c1ccccc1O)N1CCNCc2ccccc21. The van der Waals surface area contributed by atoms with Gasteiger partial charge in [-0.3, -0.25) is 0 Å². The number of phenolic OH excluding ortho intramolecular Hbond substituents is 1. The molecule has 1 aliphatic heterocycles. The molecule has 0 bridgehead atoms. The fraction of sp³-hybridized carbons (Fsp3) is 0.333. The van der Waals surface area contributed by atoms with Crippen molar-refractivity contribution < 1.29 is 5.11 Å². The molecule has 1 atom stereocenters. The molecule has 3 heteroatoms. The van der Waals surface area contributed by atoms with E-state index in [9.17, 15) is 5.11 Å². The van der Waals surface area contributed by atoms with Gasteiger partial charge in [0.15, 0.2) is 0 Å². The summed E-state index contributed by atoms with van der Waals surface area (Å²) in [5.41, 5.74) is 3.61. The molecular formula is C18H22N2O. The molecule has 110 valence electrons. The van der Waals surface area contributed by atoms with Crippen molar-refractivity contribution in [3.8, 4) is 5.75 Å². The molecule has 0 spiro atoms. The molecule has 1 aliphatic rings. The lowest BCUT2D eigenvalue weighted by Gasteiger charge is -2.33. The number of hydrogen-bond donors (Lipinski definition) is 2. The van der Waals surface area contributed by atoms with Gasteiger partial charge in [0, 0.05) is 30.9 Å². The molecule has 1 heterocycles. The maximum absolute atomic E-state index is 10.2. The normalized spacial score (nSPS) is 16.1. The average molecular weight is 282 g/mol. The minimum atomic E-state index is 0.201. The zero-order valence-corrected chi connectivity index (χ0v) is 12.4. The standard InChI is InChI=1S/C18H22N2O/c1-2-16(15-8-4-6-10-18(15)21)20-12-11-19-13-14-7-3-5-9-17(14)20/h3-10,16,19,21H,2,11-13H2,1H3. The molecule has 1 unspecified atom stereocenters. The first-order valence-corrected chi connectivity index (χ1v) is 7.64. The van der Waals surface area contributed by atoms with Crippen LogP contribution in [-0.4, -0.2) is 18.2 Å². The Bertz CT molecular complexity index is 612. The van der Waals surface area contributed by atoms with Crippen LogP contribution in [0.1, 0.15) is 30.5 Å². The van der Waals surface area contributed by atoms with E-state index in [-0.39, 0.29) is 6.04 Å². The number of para-hydroxylation sites is 2. The van der Waals surface area contributed by atoms with Crippen molar-refractivity contribution in [2.24, 2.45) is 0 Å². The van der Waals surface area contributed by atoms with Crippen molar-refractivity contribution in [3.05, 3.63) is 59.7 Å². The summed E-state index contributed by atoms with van der Waals surface area (Å²) < 4.78 is 0. The lowest BCUT2D eigenvalue weighted by molar-refractivity contribution is 0.455. The van der Waals surface area contributed by atoms with Crippen molar-refractivity contribution in [1.82, 2.24) is 5.32 Å². The third-order valence-electron chi connectivity index (χ3n) is 4.20. The number of fused-ring (bicyclic) bond motifs is 1. The quantitative estimate of drug-likeness (QED) is 0.905. The number of anilines is 1. The van der Waals surface area contributed by atoms with Gasteiger partial charge in [-0.1, -0.05) is 43.3 Å². The largest absolute Gasteiger partial charge is 0.508 e. The van der Waals surface area contributed by atoms with E-state index in [4.69, 9.17) is 0 Å². The van der Waals surface area contributed by atoms with Gasteiger partial charge in [0.1, 0.15) is 5.75 Å². The van der Waals surface area contributed by atoms with Crippen molar-refractivity contribution in [1.29, 1.82) is 0 Å². The van der Waals surface area contributed by atoms with E-state index in [0.717, 1.165) is 31.6 Å². The lowest BCUT2D eigenvalue weighted by Crippen LogP contribution is -2.32. The summed E-state index contributed by atoms with van der Waals surface area (Å²) in [6.45, 7) is 4.99. The van der Waals surface area contributed by atoms with Crippen LogP contribution in [0.2, 0.25) is 0 Å². The Balaban J connectivity index is 2.03. The van der Waals surface area contributed by atoms with Crippen LogP contribution in [0.5, 0.6) is 5.75 Å². The van der Waals surface area contributed by atoms with Crippen LogP contribution in [0.15, 0.2) is 48.5 Å². The predicted octanol–water partition coefficient (Wildman–Crippen LogP) is 3.45. The van der Waals surface area contributed by atoms with Crippen LogP contribution in [0, 0.1) is 0 Å². The smallest absolute Gasteiger partial charge is 0.120 e. The highest BCUT2D eigenvalue weighted by Gasteiger charge is 2.24. The zero-order chi connectivity index (χ0) is 14.7. The van der Waals surface area contributed by atoms with Gasteiger partial charge in [-0.05, 0) is 24.1 Å². The number of rotatable bonds is 3. The first kappa shape index (κ1) is 14.0. The van der Waals surface area contributed by atoms with Gasteiger partial charge >= 0.3 is 0 Å². The number of aromatic hydroxyl groups is 1. The molecule has 3 nitrogen and oxygen atoms in total. The molecular weight excluding hydrogens is 260 g/mol. The Hall–Kier alpha value is -2.00. The van der Waals surface area contributed by atoms with Crippen LogP contribution < -0.4 is 10.2 Å². The fourth-order valence-electron chi connectivity index (χ4n) is 3.18. The Labute approximate surface area is 126 Å². The summed E-state index contributed by atoms with van der Waals surface area (Å²) in [6.07, 6.45) is 0.964. The Morgan fingerprint density at radius 3 is 2.71 bits per heavy atom. The molecule has 3 rings (SSSR count). The molecule has 0 aliphatic carbocycles. The van der Waals surface area contributed by atoms with Crippen LogP contribution >= 0.6 is 0 Å². The average Bonchev–Trinajstić information content (AvgIpc) is 2.73. The fourth-order valence-corrected chi connectivity index (χ4v) is 3.18. The second-order valence-corrected chi connectivity index (χ2v) is 5.48. The topological polar surface area (TPSA) is 35.5 Å². The number of phenols is 1. The summed E-state index contributed by atoms with van der Waals surface area (Å²) in [5.74, 6) is 0.388. The summed E-state index contributed by atoms with van der Waals surface area (Å²) in [6, 6.07) is 16.4. The summed E-state index contributed by atoms with van der Waals surface area (Å²) in [4.78, 5) is 2.42. The second-order valence-electron chi connectivity index (χ2n) is 5.48. The maximum Gasteiger partial charge on any atom is 0.120 e. The third kappa shape index (κ3) is 2.74. The highest BCUT2D eigenvalue weighted by molar-refractivity contribution is 5.57. The summed E-state index contributed by atoms with van der Waals surface area (Å²) in [7, 11) is 0. The molecule has 21 heavy (non-hydrogen) atoms. The van der Waals surface area contributed by atoms with E-state index in [1.807, 2.05) is 18.2 Å². The minimum absolute atomic E-state index is 0.201. The molecule has 0 saturated carbocycles. The third-order valence-corrected chi connectivity index (χ3v) is 4.20. The van der Waals surface area contributed by atoms with Crippen molar-refractivity contribution in [2.75, 3.05) is 18.0 Å². The maximum atomic E-state index is 10.2. The van der Waals surface area contributed by atoms with Gasteiger partial charge in [-0.15, -0.1) is 0 Å². The first-order chi connectivity index (χ1) is 10.3. The van der Waals surface area contributed by atoms with E-state index in [2.05, 4.69) is 41.4 Å². The highest BCUT2D eigenvalue weighted by atomic mass is 16.3. The van der Waals surface area contributed by atoms with Crippen molar-refractivity contribution in [2.45, 2.75) is 25.9 Å². The Kier molecular flexibility index (Phi) is 4.11. The zero-order valence-electron chi connectivity index (χ0n) is 12.4. The molecule has 0 fully saturated rings. The predicted molar refractivity (Wildman–Crippen MR) is 86.6 cm³/mol. The van der Waals surface area contributed by atoms with Gasteiger partial charge in [0.25, 0.3) is 0 Å². The van der Waals surface area contributed by atoms with Crippen LogP contribution in [0.4, 0.5) is 5.69 Å². The monoisotopic (exact) mass is 282 g/mol.